The number of aryl methyl sites for hydroxylation is 2. The van der Waals surface area contributed by atoms with E-state index in [2.05, 4.69) is 5.32 Å². The van der Waals surface area contributed by atoms with E-state index in [1.807, 2.05) is 66.9 Å². The zero-order chi connectivity index (χ0) is 24.7. The lowest BCUT2D eigenvalue weighted by molar-refractivity contribution is -0.130. The molecule has 2 aliphatic rings. The topological polar surface area (TPSA) is 89.9 Å². The van der Waals surface area contributed by atoms with Crippen LogP contribution in [0.2, 0.25) is 0 Å². The van der Waals surface area contributed by atoms with E-state index in [4.69, 9.17) is 9.47 Å². The molecule has 2 aliphatic heterocycles. The molecule has 5 rings (SSSR count). The van der Waals surface area contributed by atoms with E-state index in [0.29, 0.717) is 29.9 Å². The van der Waals surface area contributed by atoms with Crippen LogP contribution in [0.25, 0.3) is 5.69 Å². The summed E-state index contributed by atoms with van der Waals surface area (Å²) < 4.78 is 12.8. The fraction of sp³-hybridized carbons (Fsp3) is 0.296. The molecule has 1 fully saturated rings. The largest absolute Gasteiger partial charge is 0.454 e. The molecule has 0 spiro atoms. The average Bonchev–Trinajstić information content (AvgIpc) is 3.49. The van der Waals surface area contributed by atoms with Gasteiger partial charge in [-0.2, -0.15) is 0 Å². The van der Waals surface area contributed by atoms with Crippen LogP contribution in [0.3, 0.4) is 0 Å². The van der Waals surface area contributed by atoms with Gasteiger partial charge in [0.05, 0.1) is 6.54 Å². The number of hydrogen-bond donors (Lipinski definition) is 1. The van der Waals surface area contributed by atoms with Crippen LogP contribution in [0.4, 0.5) is 4.79 Å². The van der Waals surface area contributed by atoms with Gasteiger partial charge in [-0.3, -0.25) is 14.5 Å². The molecule has 0 radical (unpaired) electrons. The summed E-state index contributed by atoms with van der Waals surface area (Å²) in [5.41, 5.74) is 2.93. The first-order chi connectivity index (χ1) is 16.8. The van der Waals surface area contributed by atoms with Crippen LogP contribution < -0.4 is 14.8 Å². The van der Waals surface area contributed by atoms with Crippen molar-refractivity contribution in [1.82, 2.24) is 14.8 Å². The number of nitrogens with zero attached hydrogens (tertiary/aromatic N) is 2. The Morgan fingerprint density at radius 3 is 2.54 bits per heavy atom. The quantitative estimate of drug-likeness (QED) is 0.415. The number of urea groups is 1. The fourth-order valence-electron chi connectivity index (χ4n) is 4.79. The van der Waals surface area contributed by atoms with Gasteiger partial charge in [-0.05, 0) is 57.4 Å². The normalized spacial score (nSPS) is 18.8. The first kappa shape index (κ1) is 22.7. The zero-order valence-electron chi connectivity index (χ0n) is 20.0. The third kappa shape index (κ3) is 4.05. The molecule has 3 heterocycles. The number of amides is 3. The van der Waals surface area contributed by atoms with E-state index in [1.165, 1.54) is 0 Å². The number of imide groups is 1. The third-order valence-electron chi connectivity index (χ3n) is 6.75. The van der Waals surface area contributed by atoms with Gasteiger partial charge in [-0.15, -0.1) is 0 Å². The molecule has 8 heteroatoms. The first-order valence-electron chi connectivity index (χ1n) is 11.6. The standard InChI is InChI=1S/C27H27N3O5/c1-17-13-21(18(2)30(17)20-9-10-23-24(14-20)35-16-34-23)22(31)15-29-25(32)27(3,28-26(29)33)12-11-19-7-5-4-6-8-19/h4-10,13-14H,11-12,15-16H2,1-3H3,(H,28,33)/t27-/m1/s1. The van der Waals surface area contributed by atoms with Gasteiger partial charge in [0, 0.05) is 28.7 Å². The van der Waals surface area contributed by atoms with Crippen molar-refractivity contribution in [3.05, 3.63) is 77.1 Å². The van der Waals surface area contributed by atoms with Crippen molar-refractivity contribution < 1.29 is 23.9 Å². The van der Waals surface area contributed by atoms with Crippen molar-refractivity contribution in [3.8, 4) is 17.2 Å². The second kappa shape index (κ2) is 8.61. The molecule has 0 saturated carbocycles. The number of rotatable bonds is 7. The Bertz CT molecular complexity index is 1330. The summed E-state index contributed by atoms with van der Waals surface area (Å²) in [6, 6.07) is 16.6. The molecule has 180 valence electrons. The van der Waals surface area contributed by atoms with Gasteiger partial charge >= 0.3 is 6.03 Å². The van der Waals surface area contributed by atoms with Crippen LogP contribution in [0, 0.1) is 13.8 Å². The van der Waals surface area contributed by atoms with Crippen molar-refractivity contribution in [2.45, 2.75) is 39.2 Å². The first-order valence-corrected chi connectivity index (χ1v) is 11.6. The van der Waals surface area contributed by atoms with Crippen LogP contribution in [0.15, 0.2) is 54.6 Å². The third-order valence-corrected chi connectivity index (χ3v) is 6.75. The molecule has 0 aliphatic carbocycles. The summed E-state index contributed by atoms with van der Waals surface area (Å²) in [5, 5.41) is 2.79. The Balaban J connectivity index is 1.33. The Morgan fingerprint density at radius 1 is 1.03 bits per heavy atom. The summed E-state index contributed by atoms with van der Waals surface area (Å²) >= 11 is 0. The minimum atomic E-state index is -1.05. The number of benzene rings is 2. The Labute approximate surface area is 203 Å². The number of Topliss-reactive ketones (excluding diaryl/α,β-unsaturated/α-hetero) is 1. The molecule has 3 aromatic rings. The van der Waals surface area contributed by atoms with E-state index in [0.717, 1.165) is 27.5 Å². The molecule has 35 heavy (non-hydrogen) atoms. The van der Waals surface area contributed by atoms with Crippen LogP contribution in [-0.4, -0.2) is 46.1 Å². The predicted octanol–water partition coefficient (Wildman–Crippen LogP) is 3.95. The SMILES string of the molecule is Cc1cc(C(=O)CN2C(=O)N[C@](C)(CCc3ccccc3)C2=O)c(C)n1-c1ccc2c(c1)OCO2. The van der Waals surface area contributed by atoms with E-state index in [9.17, 15) is 14.4 Å². The number of ether oxygens (including phenoxy) is 2. The highest BCUT2D eigenvalue weighted by molar-refractivity contribution is 6.11. The van der Waals surface area contributed by atoms with Crippen LogP contribution in [0.1, 0.15) is 40.7 Å². The van der Waals surface area contributed by atoms with Crippen molar-refractivity contribution in [1.29, 1.82) is 0 Å². The fourth-order valence-corrected chi connectivity index (χ4v) is 4.79. The molecule has 0 bridgehead atoms. The molecule has 2 aromatic carbocycles. The lowest BCUT2D eigenvalue weighted by Gasteiger charge is -2.21. The van der Waals surface area contributed by atoms with Crippen LogP contribution in [-0.2, 0) is 11.2 Å². The molecular formula is C27H27N3O5. The summed E-state index contributed by atoms with van der Waals surface area (Å²) in [6.45, 7) is 5.34. The average molecular weight is 474 g/mol. The second-order valence-corrected chi connectivity index (χ2v) is 9.22. The summed E-state index contributed by atoms with van der Waals surface area (Å²) in [7, 11) is 0. The van der Waals surface area contributed by atoms with Crippen molar-refractivity contribution in [2.75, 3.05) is 13.3 Å². The predicted molar refractivity (Wildman–Crippen MR) is 129 cm³/mol. The summed E-state index contributed by atoms with van der Waals surface area (Å²) in [5.74, 6) is 0.663. The Hall–Kier alpha value is -4.07. The van der Waals surface area contributed by atoms with E-state index < -0.39 is 11.6 Å². The van der Waals surface area contributed by atoms with Gasteiger partial charge in [0.15, 0.2) is 17.3 Å². The van der Waals surface area contributed by atoms with Gasteiger partial charge in [-0.25, -0.2) is 4.79 Å². The van der Waals surface area contributed by atoms with Crippen molar-refractivity contribution >= 4 is 17.7 Å². The lowest BCUT2D eigenvalue weighted by atomic mass is 9.93. The molecule has 1 atom stereocenters. The highest BCUT2D eigenvalue weighted by atomic mass is 16.7. The smallest absolute Gasteiger partial charge is 0.325 e. The van der Waals surface area contributed by atoms with E-state index in [-0.39, 0.29) is 25.0 Å². The maximum atomic E-state index is 13.3. The molecule has 8 nitrogen and oxygen atoms in total. The van der Waals surface area contributed by atoms with E-state index in [1.54, 1.807) is 13.0 Å². The molecular weight excluding hydrogens is 446 g/mol. The van der Waals surface area contributed by atoms with Crippen molar-refractivity contribution in [2.24, 2.45) is 0 Å². The van der Waals surface area contributed by atoms with Gasteiger partial charge in [0.2, 0.25) is 6.79 Å². The highest BCUT2D eigenvalue weighted by Gasteiger charge is 2.48. The van der Waals surface area contributed by atoms with Crippen LogP contribution in [0.5, 0.6) is 11.5 Å². The van der Waals surface area contributed by atoms with Gasteiger partial charge in [0.1, 0.15) is 5.54 Å². The summed E-state index contributed by atoms with van der Waals surface area (Å²) in [6.07, 6.45) is 1.09. The summed E-state index contributed by atoms with van der Waals surface area (Å²) in [4.78, 5) is 40.1. The van der Waals surface area contributed by atoms with Gasteiger partial charge in [0.25, 0.3) is 5.91 Å². The number of ketones is 1. The second-order valence-electron chi connectivity index (χ2n) is 9.22. The molecule has 1 saturated heterocycles. The molecule has 1 aromatic heterocycles. The Kier molecular flexibility index (Phi) is 5.59. The molecule has 0 unspecified atom stereocenters. The number of fused-ring (bicyclic) bond motifs is 1. The molecule has 3 amide bonds. The monoisotopic (exact) mass is 473 g/mol. The minimum absolute atomic E-state index is 0.183. The Morgan fingerprint density at radius 2 is 1.77 bits per heavy atom. The zero-order valence-corrected chi connectivity index (χ0v) is 20.0. The highest BCUT2D eigenvalue weighted by Crippen LogP contribution is 2.35. The van der Waals surface area contributed by atoms with Gasteiger partial charge in [-0.1, -0.05) is 30.3 Å². The number of aromatic nitrogens is 1. The van der Waals surface area contributed by atoms with Gasteiger partial charge < -0.3 is 19.4 Å². The van der Waals surface area contributed by atoms with Crippen LogP contribution >= 0.6 is 0 Å². The lowest BCUT2D eigenvalue weighted by Crippen LogP contribution is -2.44. The minimum Gasteiger partial charge on any atom is -0.454 e. The maximum Gasteiger partial charge on any atom is 0.325 e. The van der Waals surface area contributed by atoms with E-state index >= 15 is 0 Å². The number of nitrogens with one attached hydrogen (secondary N) is 1. The molecule has 1 N–H and O–H groups in total. The number of hydrogen-bond acceptors (Lipinski definition) is 5. The maximum absolute atomic E-state index is 13.3. The number of carbonyl (C=O) groups is 3. The van der Waals surface area contributed by atoms with Crippen molar-refractivity contribution in [3.63, 3.8) is 0 Å². The number of carbonyl (C=O) groups excluding carboxylic acids is 3.